The standard InChI is InChI=1S/C24H32N2O5S/c1-18(20-10-13-22(30-2)23(17-20)31-3)25-24(27)14-9-19-7-11-21(12-8-19)32(28,29)26-15-5-4-6-16-26/h7-8,10-13,17-18H,4-6,9,14-16H2,1-3H3,(H,25,27)/t18-/m1/s1. The van der Waals surface area contributed by atoms with Gasteiger partial charge in [-0.1, -0.05) is 24.6 Å². The number of nitrogens with one attached hydrogen (secondary N) is 1. The Kier molecular flexibility index (Phi) is 8.15. The van der Waals surface area contributed by atoms with E-state index >= 15 is 0 Å². The fourth-order valence-corrected chi connectivity index (χ4v) is 5.38. The number of hydrogen-bond donors (Lipinski definition) is 1. The molecule has 2 aromatic rings. The maximum Gasteiger partial charge on any atom is 0.243 e. The summed E-state index contributed by atoms with van der Waals surface area (Å²) in [6.45, 7) is 3.09. The number of carbonyl (C=O) groups is 1. The lowest BCUT2D eigenvalue weighted by molar-refractivity contribution is -0.121. The minimum Gasteiger partial charge on any atom is -0.493 e. The van der Waals surface area contributed by atoms with E-state index in [0.717, 1.165) is 30.4 Å². The average molecular weight is 461 g/mol. The van der Waals surface area contributed by atoms with Crippen molar-refractivity contribution in [1.82, 2.24) is 9.62 Å². The van der Waals surface area contributed by atoms with Crippen molar-refractivity contribution in [3.63, 3.8) is 0 Å². The van der Waals surface area contributed by atoms with Crippen LogP contribution < -0.4 is 14.8 Å². The van der Waals surface area contributed by atoms with E-state index in [9.17, 15) is 13.2 Å². The van der Waals surface area contributed by atoms with Gasteiger partial charge < -0.3 is 14.8 Å². The molecule has 7 nitrogen and oxygen atoms in total. The molecule has 0 radical (unpaired) electrons. The molecule has 3 rings (SSSR count). The van der Waals surface area contributed by atoms with Crippen LogP contribution in [0.3, 0.4) is 0 Å². The van der Waals surface area contributed by atoms with E-state index in [-0.39, 0.29) is 11.9 Å². The average Bonchev–Trinajstić information content (AvgIpc) is 2.83. The van der Waals surface area contributed by atoms with Crippen molar-refractivity contribution in [2.24, 2.45) is 0 Å². The Hall–Kier alpha value is -2.58. The van der Waals surface area contributed by atoms with Crippen LogP contribution in [-0.4, -0.2) is 45.9 Å². The molecule has 0 spiro atoms. The normalized spacial score (nSPS) is 15.7. The van der Waals surface area contributed by atoms with Crippen LogP contribution in [0.15, 0.2) is 47.4 Å². The summed E-state index contributed by atoms with van der Waals surface area (Å²) in [5, 5.41) is 3.00. The molecular weight excluding hydrogens is 428 g/mol. The SMILES string of the molecule is COc1ccc([C@@H](C)NC(=O)CCc2ccc(S(=O)(=O)N3CCCCC3)cc2)cc1OC. The quantitative estimate of drug-likeness (QED) is 0.617. The van der Waals surface area contributed by atoms with Gasteiger partial charge in [-0.2, -0.15) is 4.31 Å². The van der Waals surface area contributed by atoms with E-state index in [1.165, 1.54) is 0 Å². The van der Waals surface area contributed by atoms with E-state index in [1.807, 2.05) is 25.1 Å². The third kappa shape index (κ3) is 5.81. The number of piperidine rings is 1. The number of aryl methyl sites for hydroxylation is 1. The molecule has 32 heavy (non-hydrogen) atoms. The van der Waals surface area contributed by atoms with E-state index < -0.39 is 10.0 Å². The van der Waals surface area contributed by atoms with Gasteiger partial charge in [0.25, 0.3) is 0 Å². The summed E-state index contributed by atoms with van der Waals surface area (Å²) < 4.78 is 37.6. The molecule has 2 aromatic carbocycles. The highest BCUT2D eigenvalue weighted by Crippen LogP contribution is 2.30. The molecule has 1 amide bonds. The van der Waals surface area contributed by atoms with Gasteiger partial charge in [0.15, 0.2) is 11.5 Å². The van der Waals surface area contributed by atoms with Gasteiger partial charge in [-0.3, -0.25) is 4.79 Å². The van der Waals surface area contributed by atoms with Crippen LogP contribution in [0.4, 0.5) is 0 Å². The van der Waals surface area contributed by atoms with Crippen molar-refractivity contribution in [1.29, 1.82) is 0 Å². The molecule has 0 saturated carbocycles. The largest absolute Gasteiger partial charge is 0.493 e. The smallest absolute Gasteiger partial charge is 0.243 e. The third-order valence-electron chi connectivity index (χ3n) is 5.80. The molecule has 1 fully saturated rings. The Bertz CT molecular complexity index is 1020. The summed E-state index contributed by atoms with van der Waals surface area (Å²) >= 11 is 0. The minimum atomic E-state index is -3.43. The van der Waals surface area contributed by atoms with Gasteiger partial charge in [0.2, 0.25) is 15.9 Å². The summed E-state index contributed by atoms with van der Waals surface area (Å²) in [7, 11) is -0.274. The Balaban J connectivity index is 1.54. The number of rotatable bonds is 9. The van der Waals surface area contributed by atoms with E-state index in [1.54, 1.807) is 42.8 Å². The number of amides is 1. The molecule has 1 saturated heterocycles. The maximum atomic E-state index is 12.8. The number of carbonyl (C=O) groups excluding carboxylic acids is 1. The van der Waals surface area contributed by atoms with Crippen molar-refractivity contribution in [3.05, 3.63) is 53.6 Å². The van der Waals surface area contributed by atoms with Crippen LogP contribution in [-0.2, 0) is 21.2 Å². The summed E-state index contributed by atoms with van der Waals surface area (Å²) in [4.78, 5) is 12.8. The second-order valence-corrected chi connectivity index (χ2v) is 9.95. The summed E-state index contributed by atoms with van der Waals surface area (Å²) in [6.07, 6.45) is 3.75. The van der Waals surface area contributed by atoms with Gasteiger partial charge in [0.05, 0.1) is 25.2 Å². The lowest BCUT2D eigenvalue weighted by Gasteiger charge is -2.25. The Morgan fingerprint density at radius 3 is 2.28 bits per heavy atom. The molecule has 1 heterocycles. The molecule has 174 valence electrons. The molecule has 1 atom stereocenters. The third-order valence-corrected chi connectivity index (χ3v) is 7.71. The molecular formula is C24H32N2O5S. The first-order chi connectivity index (χ1) is 15.3. The van der Waals surface area contributed by atoms with Crippen LogP contribution in [0.2, 0.25) is 0 Å². The predicted octanol–water partition coefficient (Wildman–Crippen LogP) is 3.69. The fourth-order valence-electron chi connectivity index (χ4n) is 3.86. The number of nitrogens with zero attached hydrogens (tertiary/aromatic N) is 1. The van der Waals surface area contributed by atoms with E-state index in [0.29, 0.717) is 42.3 Å². The highest BCUT2D eigenvalue weighted by Gasteiger charge is 2.25. The number of methoxy groups -OCH3 is 2. The molecule has 1 aliphatic heterocycles. The maximum absolute atomic E-state index is 12.8. The van der Waals surface area contributed by atoms with E-state index in [4.69, 9.17) is 9.47 Å². The summed E-state index contributed by atoms with van der Waals surface area (Å²) in [6, 6.07) is 12.3. The Morgan fingerprint density at radius 2 is 1.66 bits per heavy atom. The zero-order chi connectivity index (χ0) is 23.1. The zero-order valence-electron chi connectivity index (χ0n) is 19.0. The van der Waals surface area contributed by atoms with Crippen LogP contribution in [0.5, 0.6) is 11.5 Å². The topological polar surface area (TPSA) is 84.9 Å². The van der Waals surface area contributed by atoms with Crippen molar-refractivity contribution < 1.29 is 22.7 Å². The van der Waals surface area contributed by atoms with Crippen molar-refractivity contribution >= 4 is 15.9 Å². The zero-order valence-corrected chi connectivity index (χ0v) is 19.8. The van der Waals surface area contributed by atoms with Gasteiger partial charge in [-0.15, -0.1) is 0 Å². The first kappa shape index (κ1) is 24.1. The van der Waals surface area contributed by atoms with E-state index in [2.05, 4.69) is 5.32 Å². The molecule has 1 N–H and O–H groups in total. The van der Waals surface area contributed by atoms with Crippen molar-refractivity contribution in [3.8, 4) is 11.5 Å². The second kappa shape index (κ2) is 10.8. The molecule has 0 aliphatic carbocycles. The van der Waals surface area contributed by atoms with Crippen molar-refractivity contribution in [2.45, 2.75) is 50.0 Å². The second-order valence-electron chi connectivity index (χ2n) is 8.01. The van der Waals surface area contributed by atoms with Gasteiger partial charge in [0, 0.05) is 19.5 Å². The lowest BCUT2D eigenvalue weighted by Crippen LogP contribution is -2.35. The Labute approximate surface area is 190 Å². The number of sulfonamides is 1. The fraction of sp³-hybridized carbons (Fsp3) is 0.458. The first-order valence-electron chi connectivity index (χ1n) is 11.0. The molecule has 0 bridgehead atoms. The number of hydrogen-bond acceptors (Lipinski definition) is 5. The van der Waals surface area contributed by atoms with Crippen LogP contribution >= 0.6 is 0 Å². The van der Waals surface area contributed by atoms with Gasteiger partial charge >= 0.3 is 0 Å². The number of benzene rings is 2. The first-order valence-corrected chi connectivity index (χ1v) is 12.4. The predicted molar refractivity (Wildman–Crippen MR) is 123 cm³/mol. The van der Waals surface area contributed by atoms with Crippen molar-refractivity contribution in [2.75, 3.05) is 27.3 Å². The van der Waals surface area contributed by atoms with Crippen LogP contribution in [0.1, 0.15) is 49.8 Å². The summed E-state index contributed by atoms with van der Waals surface area (Å²) in [5.74, 6) is 1.18. The Morgan fingerprint density at radius 1 is 1.00 bits per heavy atom. The highest BCUT2D eigenvalue weighted by molar-refractivity contribution is 7.89. The summed E-state index contributed by atoms with van der Waals surface area (Å²) in [5.41, 5.74) is 1.85. The lowest BCUT2D eigenvalue weighted by atomic mass is 10.1. The molecule has 1 aliphatic rings. The van der Waals surface area contributed by atoms with Crippen LogP contribution in [0, 0.1) is 0 Å². The number of ether oxygens (including phenoxy) is 2. The van der Waals surface area contributed by atoms with Crippen LogP contribution in [0.25, 0.3) is 0 Å². The minimum absolute atomic E-state index is 0.0719. The molecule has 0 aromatic heterocycles. The van der Waals surface area contributed by atoms with Gasteiger partial charge in [-0.25, -0.2) is 8.42 Å². The van der Waals surface area contributed by atoms with Gasteiger partial charge in [-0.05, 0) is 61.6 Å². The highest BCUT2D eigenvalue weighted by atomic mass is 32.2. The molecule has 8 heteroatoms. The molecule has 0 unspecified atom stereocenters. The van der Waals surface area contributed by atoms with Gasteiger partial charge in [0.1, 0.15) is 0 Å². The monoisotopic (exact) mass is 460 g/mol.